The number of phenolic OH excluding ortho intramolecular Hbond substituents is 1. The van der Waals surface area contributed by atoms with Crippen LogP contribution in [0.5, 0.6) is 5.75 Å². The van der Waals surface area contributed by atoms with Crippen LogP contribution in [-0.2, 0) is 0 Å². The first-order valence-electron chi connectivity index (χ1n) is 4.12. The molecular formula is C8H10N4O5. The number of non-ortho nitro benzene ring substituents is 1. The van der Waals surface area contributed by atoms with E-state index in [9.17, 15) is 20.2 Å². The highest BCUT2D eigenvalue weighted by molar-refractivity contribution is 5.52. The van der Waals surface area contributed by atoms with Gasteiger partial charge in [0.2, 0.25) is 0 Å². The zero-order valence-corrected chi connectivity index (χ0v) is 8.57. The first-order chi connectivity index (χ1) is 7.93. The highest BCUT2D eigenvalue weighted by Crippen LogP contribution is 2.29. The number of benzene rings is 1. The first-order valence-corrected chi connectivity index (χ1v) is 4.12. The van der Waals surface area contributed by atoms with Crippen molar-refractivity contribution in [1.82, 2.24) is 5.43 Å². The molecule has 0 heterocycles. The minimum atomic E-state index is -0.887. The van der Waals surface area contributed by atoms with Crippen molar-refractivity contribution < 1.29 is 15.0 Å². The topological polar surface area (TPSA) is 145 Å². The number of hydrogen-bond acceptors (Lipinski definition) is 7. The Hall–Kier alpha value is -2.68. The molecule has 4 N–H and O–H groups in total. The van der Waals surface area contributed by atoms with Crippen molar-refractivity contribution in [3.05, 3.63) is 51.2 Å². The molecule has 1 aromatic carbocycles. The molecule has 0 saturated heterocycles. The van der Waals surface area contributed by atoms with Gasteiger partial charge in [-0.15, -0.1) is 0 Å². The summed E-state index contributed by atoms with van der Waals surface area (Å²) in [5, 5.41) is 29.3. The Balaban J connectivity index is 0.000000557. The number of nitro groups is 2. The Morgan fingerprint density at radius 3 is 2.24 bits per heavy atom. The number of nitro benzene ring substituents is 2. The lowest BCUT2D eigenvalue weighted by molar-refractivity contribution is -0.394. The van der Waals surface area contributed by atoms with Crippen molar-refractivity contribution >= 4 is 11.4 Å². The summed E-state index contributed by atoms with van der Waals surface area (Å²) >= 11 is 0. The highest BCUT2D eigenvalue weighted by Gasteiger charge is 2.18. The fourth-order valence-electron chi connectivity index (χ4n) is 0.772. The van der Waals surface area contributed by atoms with Crippen LogP contribution in [0, 0.1) is 20.2 Å². The second kappa shape index (κ2) is 6.74. The van der Waals surface area contributed by atoms with E-state index in [0.717, 1.165) is 12.1 Å². The minimum Gasteiger partial charge on any atom is -0.502 e. The second-order valence-electron chi connectivity index (χ2n) is 2.56. The third-order valence-electron chi connectivity index (χ3n) is 1.48. The van der Waals surface area contributed by atoms with Gasteiger partial charge in [-0.1, -0.05) is 6.58 Å². The molecular weight excluding hydrogens is 232 g/mol. The van der Waals surface area contributed by atoms with Gasteiger partial charge in [0, 0.05) is 12.3 Å². The Morgan fingerprint density at radius 2 is 1.88 bits per heavy atom. The summed E-state index contributed by atoms with van der Waals surface area (Å²) in [5.41, 5.74) is 1.10. The lowest BCUT2D eigenvalue weighted by Gasteiger charge is -1.94. The van der Waals surface area contributed by atoms with E-state index in [1.54, 1.807) is 0 Å². The lowest BCUT2D eigenvalue weighted by atomic mass is 10.2. The molecule has 0 radical (unpaired) electrons. The quantitative estimate of drug-likeness (QED) is 0.403. The van der Waals surface area contributed by atoms with Gasteiger partial charge in [-0.05, 0) is 6.07 Å². The van der Waals surface area contributed by atoms with Crippen LogP contribution in [-0.4, -0.2) is 15.0 Å². The first kappa shape index (κ1) is 14.3. The van der Waals surface area contributed by atoms with Gasteiger partial charge in [0.25, 0.3) is 5.69 Å². The number of nitrogens with two attached hydrogens (primary N) is 1. The largest absolute Gasteiger partial charge is 0.502 e. The van der Waals surface area contributed by atoms with E-state index in [0.29, 0.717) is 6.07 Å². The molecule has 0 spiro atoms. The molecule has 0 atom stereocenters. The van der Waals surface area contributed by atoms with Crippen LogP contribution >= 0.6 is 0 Å². The third kappa shape index (κ3) is 4.57. The molecule has 17 heavy (non-hydrogen) atoms. The van der Waals surface area contributed by atoms with Crippen LogP contribution in [0.3, 0.4) is 0 Å². The predicted molar refractivity (Wildman–Crippen MR) is 58.9 cm³/mol. The monoisotopic (exact) mass is 242 g/mol. The lowest BCUT2D eigenvalue weighted by Crippen LogP contribution is -2.11. The molecule has 92 valence electrons. The number of hydrazine groups is 1. The summed E-state index contributed by atoms with van der Waals surface area (Å²) < 4.78 is 0. The highest BCUT2D eigenvalue weighted by atomic mass is 16.6. The number of nitrogens with zero attached hydrogens (tertiary/aromatic N) is 2. The molecule has 0 aliphatic heterocycles. The molecule has 0 aliphatic carbocycles. The van der Waals surface area contributed by atoms with Crippen LogP contribution < -0.4 is 11.3 Å². The van der Waals surface area contributed by atoms with Gasteiger partial charge in [0.05, 0.1) is 15.9 Å². The fraction of sp³-hybridized carbons (Fsp3) is 0. The summed E-state index contributed by atoms with van der Waals surface area (Å²) in [4.78, 5) is 18.7. The zero-order chi connectivity index (χ0) is 13.4. The van der Waals surface area contributed by atoms with E-state index in [2.05, 4.69) is 17.8 Å². The summed E-state index contributed by atoms with van der Waals surface area (Å²) in [6.45, 7) is 3.24. The van der Waals surface area contributed by atoms with Crippen LogP contribution in [0.15, 0.2) is 31.0 Å². The van der Waals surface area contributed by atoms with Gasteiger partial charge in [0.15, 0.2) is 5.75 Å². The fourth-order valence-corrected chi connectivity index (χ4v) is 0.772. The number of nitrogens with one attached hydrogen (secondary N) is 1. The number of aromatic hydroxyl groups is 1. The smallest absolute Gasteiger partial charge is 0.317 e. The zero-order valence-electron chi connectivity index (χ0n) is 8.57. The number of hydrogen-bond donors (Lipinski definition) is 3. The van der Waals surface area contributed by atoms with E-state index in [-0.39, 0.29) is 0 Å². The van der Waals surface area contributed by atoms with E-state index >= 15 is 0 Å². The molecule has 0 aromatic heterocycles. The Kier molecular flexibility index (Phi) is 5.68. The maximum Gasteiger partial charge on any atom is 0.317 e. The summed E-state index contributed by atoms with van der Waals surface area (Å²) in [6, 6.07) is 2.61. The SMILES string of the molecule is C=CNN.O=[N+]([O-])c1ccc(O)c([N+](=O)[O-])c1. The van der Waals surface area contributed by atoms with E-state index < -0.39 is 27.0 Å². The molecule has 9 nitrogen and oxygen atoms in total. The van der Waals surface area contributed by atoms with Gasteiger partial charge >= 0.3 is 5.69 Å². The van der Waals surface area contributed by atoms with Crippen molar-refractivity contribution in [3.8, 4) is 5.75 Å². The van der Waals surface area contributed by atoms with Crippen LogP contribution in [0.4, 0.5) is 11.4 Å². The Morgan fingerprint density at radius 1 is 1.35 bits per heavy atom. The third-order valence-corrected chi connectivity index (χ3v) is 1.48. The van der Waals surface area contributed by atoms with Crippen LogP contribution in [0.2, 0.25) is 0 Å². The normalized spacial score (nSPS) is 8.53. The van der Waals surface area contributed by atoms with Gasteiger partial charge < -0.3 is 10.5 Å². The minimum absolute atomic E-state index is 0.426. The van der Waals surface area contributed by atoms with Gasteiger partial charge in [-0.2, -0.15) is 0 Å². The molecule has 1 rings (SSSR count). The molecule has 0 bridgehead atoms. The molecule has 0 amide bonds. The second-order valence-corrected chi connectivity index (χ2v) is 2.56. The predicted octanol–water partition coefficient (Wildman–Crippen LogP) is 0.802. The van der Waals surface area contributed by atoms with Crippen molar-refractivity contribution in [3.63, 3.8) is 0 Å². The van der Waals surface area contributed by atoms with Gasteiger partial charge in [-0.3, -0.25) is 26.1 Å². The standard InChI is InChI=1S/C6H4N2O5.C2H6N2/c9-6-2-1-4(7(10)11)3-5(6)8(12)13;1-2-4-3/h1-3,9H;2,4H,1,3H2. The van der Waals surface area contributed by atoms with Crippen molar-refractivity contribution in [2.75, 3.05) is 0 Å². The molecule has 0 aliphatic rings. The Labute approximate surface area is 95.4 Å². The van der Waals surface area contributed by atoms with Crippen molar-refractivity contribution in [2.24, 2.45) is 5.84 Å². The van der Waals surface area contributed by atoms with Gasteiger partial charge in [0.1, 0.15) is 0 Å². The molecule has 0 saturated carbocycles. The average Bonchev–Trinajstić information content (AvgIpc) is 2.29. The molecule has 0 unspecified atom stereocenters. The molecule has 1 aromatic rings. The molecule has 0 fully saturated rings. The van der Waals surface area contributed by atoms with Gasteiger partial charge in [-0.25, -0.2) is 0 Å². The number of rotatable bonds is 3. The average molecular weight is 242 g/mol. The maximum atomic E-state index is 10.2. The molecule has 9 heteroatoms. The van der Waals surface area contributed by atoms with E-state index in [1.165, 1.54) is 6.20 Å². The van der Waals surface area contributed by atoms with Crippen molar-refractivity contribution in [1.29, 1.82) is 0 Å². The number of phenols is 1. The Bertz CT molecular complexity index is 434. The summed E-state index contributed by atoms with van der Waals surface area (Å²) in [7, 11) is 0. The summed E-state index contributed by atoms with van der Waals surface area (Å²) in [5.74, 6) is 4.07. The van der Waals surface area contributed by atoms with Crippen LogP contribution in [0.1, 0.15) is 0 Å². The van der Waals surface area contributed by atoms with E-state index in [1.807, 2.05) is 0 Å². The van der Waals surface area contributed by atoms with Crippen molar-refractivity contribution in [2.45, 2.75) is 0 Å². The van der Waals surface area contributed by atoms with E-state index in [4.69, 9.17) is 5.11 Å². The maximum absolute atomic E-state index is 10.2. The van der Waals surface area contributed by atoms with Crippen LogP contribution in [0.25, 0.3) is 0 Å². The summed E-state index contributed by atoms with van der Waals surface area (Å²) in [6.07, 6.45) is 1.40.